The highest BCUT2D eigenvalue weighted by molar-refractivity contribution is 6.30. The van der Waals surface area contributed by atoms with Gasteiger partial charge in [-0.25, -0.2) is 0 Å². The maximum absolute atomic E-state index is 6.26. The highest BCUT2D eigenvalue weighted by Gasteiger charge is 2.30. The number of halogens is 1. The molecule has 2 N–H and O–H groups in total. The molecule has 2 atom stereocenters. The minimum atomic E-state index is -0.340. The van der Waals surface area contributed by atoms with Gasteiger partial charge in [-0.15, -0.1) is 0 Å². The van der Waals surface area contributed by atoms with Gasteiger partial charge in [0.05, 0.1) is 12.7 Å². The first-order valence-electron chi connectivity index (χ1n) is 6.10. The lowest BCUT2D eigenvalue weighted by Crippen LogP contribution is -2.48. The van der Waals surface area contributed by atoms with Crippen LogP contribution >= 0.6 is 11.6 Å². The molecule has 3 nitrogen and oxygen atoms in total. The number of hydrogen-bond donors (Lipinski definition) is 1. The SMILES string of the molecule is CCC(C)(OC)C(N)Cc1cc(Cl)ccc1OC. The summed E-state index contributed by atoms with van der Waals surface area (Å²) in [6.07, 6.45) is 1.52. The monoisotopic (exact) mass is 271 g/mol. The lowest BCUT2D eigenvalue weighted by Gasteiger charge is -2.33. The average Bonchev–Trinajstić information content (AvgIpc) is 2.38. The molecule has 102 valence electrons. The summed E-state index contributed by atoms with van der Waals surface area (Å²) in [5, 5.41) is 0.689. The molecule has 4 heteroatoms. The molecule has 0 aliphatic heterocycles. The zero-order valence-electron chi connectivity index (χ0n) is 11.5. The van der Waals surface area contributed by atoms with Crippen LogP contribution in [0.25, 0.3) is 0 Å². The maximum Gasteiger partial charge on any atom is 0.122 e. The average molecular weight is 272 g/mol. The van der Waals surface area contributed by atoms with Crippen molar-refractivity contribution in [2.45, 2.75) is 38.3 Å². The number of methoxy groups -OCH3 is 2. The number of rotatable bonds is 6. The van der Waals surface area contributed by atoms with Gasteiger partial charge in [-0.1, -0.05) is 18.5 Å². The van der Waals surface area contributed by atoms with Gasteiger partial charge in [0.15, 0.2) is 0 Å². The Kier molecular flexibility index (Phi) is 5.45. The van der Waals surface area contributed by atoms with Crippen LogP contribution in [0.4, 0.5) is 0 Å². The zero-order valence-corrected chi connectivity index (χ0v) is 12.3. The largest absolute Gasteiger partial charge is 0.496 e. The summed E-state index contributed by atoms with van der Waals surface area (Å²) >= 11 is 6.01. The maximum atomic E-state index is 6.26. The molecular formula is C14H22ClNO2. The third kappa shape index (κ3) is 3.37. The van der Waals surface area contributed by atoms with Gasteiger partial charge in [0.25, 0.3) is 0 Å². The van der Waals surface area contributed by atoms with Crippen LogP contribution in [0.1, 0.15) is 25.8 Å². The third-order valence-electron chi connectivity index (χ3n) is 3.63. The number of benzene rings is 1. The summed E-state index contributed by atoms with van der Waals surface area (Å²) in [7, 11) is 3.34. The van der Waals surface area contributed by atoms with Crippen molar-refractivity contribution in [3.63, 3.8) is 0 Å². The van der Waals surface area contributed by atoms with Crippen LogP contribution in [0.3, 0.4) is 0 Å². The first-order chi connectivity index (χ1) is 8.46. The Hall–Kier alpha value is -0.770. The lowest BCUT2D eigenvalue weighted by molar-refractivity contribution is -0.0185. The summed E-state index contributed by atoms with van der Waals surface area (Å²) in [5.41, 5.74) is 6.92. The van der Waals surface area contributed by atoms with Gasteiger partial charge in [-0.3, -0.25) is 0 Å². The van der Waals surface area contributed by atoms with Crippen LogP contribution in [0.15, 0.2) is 18.2 Å². The minimum Gasteiger partial charge on any atom is -0.496 e. The molecule has 0 aliphatic carbocycles. The zero-order chi connectivity index (χ0) is 13.8. The van der Waals surface area contributed by atoms with Gasteiger partial charge in [0, 0.05) is 18.2 Å². The molecule has 0 heterocycles. The van der Waals surface area contributed by atoms with E-state index in [2.05, 4.69) is 6.92 Å². The van der Waals surface area contributed by atoms with E-state index in [4.69, 9.17) is 26.8 Å². The predicted molar refractivity (Wildman–Crippen MR) is 75.4 cm³/mol. The van der Waals surface area contributed by atoms with Gasteiger partial charge in [0.2, 0.25) is 0 Å². The Labute approximate surface area is 114 Å². The van der Waals surface area contributed by atoms with Crippen LogP contribution in [-0.4, -0.2) is 25.9 Å². The molecule has 1 aromatic carbocycles. The molecule has 0 fully saturated rings. The molecule has 0 aromatic heterocycles. The van der Waals surface area contributed by atoms with E-state index in [0.717, 1.165) is 17.7 Å². The van der Waals surface area contributed by atoms with Gasteiger partial charge in [-0.05, 0) is 43.5 Å². The van der Waals surface area contributed by atoms with Crippen molar-refractivity contribution in [3.05, 3.63) is 28.8 Å². The second kappa shape index (κ2) is 6.41. The fourth-order valence-corrected chi connectivity index (χ4v) is 2.11. The van der Waals surface area contributed by atoms with Gasteiger partial charge in [-0.2, -0.15) is 0 Å². The Morgan fingerprint density at radius 1 is 1.39 bits per heavy atom. The Morgan fingerprint density at radius 3 is 2.56 bits per heavy atom. The second-order valence-corrected chi connectivity index (χ2v) is 5.07. The van der Waals surface area contributed by atoms with E-state index in [1.807, 2.05) is 25.1 Å². The van der Waals surface area contributed by atoms with Crippen molar-refractivity contribution >= 4 is 11.6 Å². The third-order valence-corrected chi connectivity index (χ3v) is 3.87. The molecule has 0 bridgehead atoms. The van der Waals surface area contributed by atoms with E-state index in [9.17, 15) is 0 Å². The summed E-state index contributed by atoms with van der Waals surface area (Å²) in [6, 6.07) is 5.46. The van der Waals surface area contributed by atoms with Crippen molar-refractivity contribution in [1.29, 1.82) is 0 Å². The Balaban J connectivity index is 2.93. The molecule has 0 spiro atoms. The lowest BCUT2D eigenvalue weighted by atomic mass is 9.89. The first kappa shape index (κ1) is 15.3. The summed E-state index contributed by atoms with van der Waals surface area (Å²) in [6.45, 7) is 4.09. The molecular weight excluding hydrogens is 250 g/mol. The number of nitrogens with two attached hydrogens (primary N) is 1. The molecule has 18 heavy (non-hydrogen) atoms. The fraction of sp³-hybridized carbons (Fsp3) is 0.571. The standard InChI is InChI=1S/C14H22ClNO2/c1-5-14(2,18-4)13(16)9-10-8-11(15)6-7-12(10)17-3/h6-8,13H,5,9,16H2,1-4H3. The Morgan fingerprint density at radius 2 is 2.06 bits per heavy atom. The van der Waals surface area contributed by atoms with E-state index in [-0.39, 0.29) is 11.6 Å². The summed E-state index contributed by atoms with van der Waals surface area (Å²) in [4.78, 5) is 0. The smallest absolute Gasteiger partial charge is 0.122 e. The van der Waals surface area contributed by atoms with E-state index in [1.54, 1.807) is 14.2 Å². The van der Waals surface area contributed by atoms with Crippen LogP contribution in [-0.2, 0) is 11.2 Å². The molecule has 0 radical (unpaired) electrons. The summed E-state index contributed by atoms with van der Waals surface area (Å²) in [5.74, 6) is 0.810. The van der Waals surface area contributed by atoms with Gasteiger partial charge < -0.3 is 15.2 Å². The Bertz CT molecular complexity index is 391. The molecule has 2 unspecified atom stereocenters. The molecule has 0 saturated carbocycles. The molecule has 1 aromatic rings. The molecule has 0 amide bonds. The van der Waals surface area contributed by atoms with E-state index >= 15 is 0 Å². The minimum absolute atomic E-state index is 0.111. The van der Waals surface area contributed by atoms with E-state index < -0.39 is 0 Å². The fourth-order valence-electron chi connectivity index (χ4n) is 1.92. The predicted octanol–water partition coefficient (Wildman–Crippen LogP) is 3.03. The van der Waals surface area contributed by atoms with Crippen molar-refractivity contribution < 1.29 is 9.47 Å². The highest BCUT2D eigenvalue weighted by atomic mass is 35.5. The number of hydrogen-bond acceptors (Lipinski definition) is 3. The second-order valence-electron chi connectivity index (χ2n) is 4.64. The summed E-state index contributed by atoms with van der Waals surface area (Å²) < 4.78 is 10.9. The quantitative estimate of drug-likeness (QED) is 0.865. The topological polar surface area (TPSA) is 44.5 Å². The van der Waals surface area contributed by atoms with Gasteiger partial charge in [0.1, 0.15) is 5.75 Å². The van der Waals surface area contributed by atoms with Crippen LogP contribution < -0.4 is 10.5 Å². The molecule has 0 aliphatic rings. The van der Waals surface area contributed by atoms with E-state index in [0.29, 0.717) is 11.4 Å². The first-order valence-corrected chi connectivity index (χ1v) is 6.47. The highest BCUT2D eigenvalue weighted by Crippen LogP contribution is 2.27. The van der Waals surface area contributed by atoms with Crippen molar-refractivity contribution in [2.75, 3.05) is 14.2 Å². The van der Waals surface area contributed by atoms with Crippen molar-refractivity contribution in [2.24, 2.45) is 5.73 Å². The normalized spacial score (nSPS) is 16.1. The molecule has 0 saturated heterocycles. The van der Waals surface area contributed by atoms with Gasteiger partial charge >= 0.3 is 0 Å². The van der Waals surface area contributed by atoms with Crippen LogP contribution in [0.5, 0.6) is 5.75 Å². The number of ether oxygens (including phenoxy) is 2. The molecule has 1 rings (SSSR count). The van der Waals surface area contributed by atoms with Crippen LogP contribution in [0, 0.1) is 0 Å². The van der Waals surface area contributed by atoms with E-state index in [1.165, 1.54) is 0 Å². The van der Waals surface area contributed by atoms with Crippen LogP contribution in [0.2, 0.25) is 5.02 Å². The van der Waals surface area contributed by atoms with Crippen molar-refractivity contribution in [3.8, 4) is 5.75 Å². The van der Waals surface area contributed by atoms with Crippen molar-refractivity contribution in [1.82, 2.24) is 0 Å².